The molecule has 1 fully saturated rings. The summed E-state index contributed by atoms with van der Waals surface area (Å²) >= 11 is 5.74. The second-order valence-corrected chi connectivity index (χ2v) is 8.82. The topological polar surface area (TPSA) is 66.3 Å². The minimum atomic E-state index is -0.973. The first-order valence-electron chi connectivity index (χ1n) is 8.23. The summed E-state index contributed by atoms with van der Waals surface area (Å²) in [5.41, 5.74) is 1.42. The van der Waals surface area contributed by atoms with Gasteiger partial charge in [0.25, 0.3) is 0 Å². The van der Waals surface area contributed by atoms with Crippen molar-refractivity contribution >= 4 is 39.2 Å². The fraction of sp³-hybridized carbons (Fsp3) is 0.278. The summed E-state index contributed by atoms with van der Waals surface area (Å²) < 4.78 is 13.9. The van der Waals surface area contributed by atoms with Crippen LogP contribution in [-0.2, 0) is 11.3 Å². The molecule has 0 bridgehead atoms. The van der Waals surface area contributed by atoms with Crippen molar-refractivity contribution in [2.75, 3.05) is 13.1 Å². The third-order valence-electron chi connectivity index (χ3n) is 4.05. The van der Waals surface area contributed by atoms with Gasteiger partial charge in [0.05, 0.1) is 0 Å². The summed E-state index contributed by atoms with van der Waals surface area (Å²) in [4.78, 5) is 13.3. The standard InChI is InChI=1S/C18H17ClFN3O2S2/c19-16-5-6-17(22-21-16)27-26-15-7-8-23(11-13(15)9-18(24)25)10-12-3-1-2-4-14(12)20/h1-6,9,15H,7-8,10-11H2,(H,24,25)/b13-9-. The number of aromatic nitrogens is 2. The van der Waals surface area contributed by atoms with E-state index in [0.29, 0.717) is 28.8 Å². The number of hydrogen-bond acceptors (Lipinski definition) is 6. The summed E-state index contributed by atoms with van der Waals surface area (Å²) in [5, 5.41) is 18.1. The summed E-state index contributed by atoms with van der Waals surface area (Å²) in [7, 11) is 3.00. The predicted octanol–water partition coefficient (Wildman–Crippen LogP) is 4.29. The smallest absolute Gasteiger partial charge is 0.328 e. The lowest BCUT2D eigenvalue weighted by Crippen LogP contribution is -2.36. The lowest BCUT2D eigenvalue weighted by molar-refractivity contribution is -0.131. The van der Waals surface area contributed by atoms with Crippen molar-refractivity contribution in [3.05, 3.63) is 64.6 Å². The summed E-state index contributed by atoms with van der Waals surface area (Å²) in [6, 6.07) is 10.1. The van der Waals surface area contributed by atoms with E-state index in [1.165, 1.54) is 22.9 Å². The maximum absolute atomic E-state index is 13.9. The van der Waals surface area contributed by atoms with E-state index in [9.17, 15) is 14.3 Å². The first-order chi connectivity index (χ1) is 13.0. The number of nitrogens with zero attached hydrogens (tertiary/aromatic N) is 3. The lowest BCUT2D eigenvalue weighted by atomic mass is 10.0. The molecule has 142 valence electrons. The molecule has 0 spiro atoms. The summed E-state index contributed by atoms with van der Waals surface area (Å²) in [5.74, 6) is -1.21. The van der Waals surface area contributed by atoms with Crippen molar-refractivity contribution in [1.82, 2.24) is 15.1 Å². The van der Waals surface area contributed by atoms with Gasteiger partial charge in [-0.05, 0) is 41.0 Å². The van der Waals surface area contributed by atoms with Gasteiger partial charge in [-0.15, -0.1) is 10.2 Å². The zero-order valence-electron chi connectivity index (χ0n) is 14.2. The first kappa shape index (κ1) is 20.1. The van der Waals surface area contributed by atoms with E-state index in [1.807, 2.05) is 0 Å². The van der Waals surface area contributed by atoms with E-state index in [4.69, 9.17) is 11.6 Å². The van der Waals surface area contributed by atoms with E-state index in [2.05, 4.69) is 15.1 Å². The van der Waals surface area contributed by atoms with E-state index in [0.717, 1.165) is 18.5 Å². The van der Waals surface area contributed by atoms with Crippen LogP contribution in [0.25, 0.3) is 0 Å². The fourth-order valence-corrected chi connectivity index (χ4v) is 5.34. The average molecular weight is 426 g/mol. The third kappa shape index (κ3) is 5.93. The zero-order chi connectivity index (χ0) is 19.2. The van der Waals surface area contributed by atoms with Crippen LogP contribution < -0.4 is 0 Å². The average Bonchev–Trinajstić information content (AvgIpc) is 2.64. The van der Waals surface area contributed by atoms with Crippen molar-refractivity contribution in [2.24, 2.45) is 0 Å². The van der Waals surface area contributed by atoms with Gasteiger partial charge in [-0.3, -0.25) is 4.90 Å². The van der Waals surface area contributed by atoms with E-state index >= 15 is 0 Å². The molecule has 1 aromatic heterocycles. The number of carboxylic acid groups (broad SMARTS) is 1. The Labute approximate surface area is 169 Å². The van der Waals surface area contributed by atoms with Crippen molar-refractivity contribution < 1.29 is 14.3 Å². The van der Waals surface area contributed by atoms with E-state index < -0.39 is 5.97 Å². The molecule has 1 aliphatic heterocycles. The van der Waals surface area contributed by atoms with Crippen LogP contribution in [-0.4, -0.2) is 44.5 Å². The molecular formula is C18H17ClFN3O2S2. The number of rotatable bonds is 6. The third-order valence-corrected chi connectivity index (χ3v) is 7.00. The Morgan fingerprint density at radius 3 is 2.85 bits per heavy atom. The highest BCUT2D eigenvalue weighted by molar-refractivity contribution is 8.77. The number of benzene rings is 1. The molecule has 1 atom stereocenters. The van der Waals surface area contributed by atoms with Crippen LogP contribution in [0.5, 0.6) is 0 Å². The Hall–Kier alpha value is -1.61. The van der Waals surface area contributed by atoms with Gasteiger partial charge in [0, 0.05) is 36.5 Å². The number of hydrogen-bond donors (Lipinski definition) is 1. The first-order valence-corrected chi connectivity index (χ1v) is 10.8. The van der Waals surface area contributed by atoms with Gasteiger partial charge < -0.3 is 5.11 Å². The minimum Gasteiger partial charge on any atom is -0.478 e. The Kier molecular flexibility index (Phi) is 7.12. The summed E-state index contributed by atoms with van der Waals surface area (Å²) in [6.45, 7) is 1.71. The molecule has 9 heteroatoms. The quantitative estimate of drug-likeness (QED) is 0.546. The molecule has 27 heavy (non-hydrogen) atoms. The molecular weight excluding hydrogens is 409 g/mol. The molecule has 5 nitrogen and oxygen atoms in total. The second-order valence-electron chi connectivity index (χ2n) is 6.01. The Balaban J connectivity index is 1.65. The zero-order valence-corrected chi connectivity index (χ0v) is 16.6. The molecule has 1 saturated heterocycles. The Morgan fingerprint density at radius 1 is 1.33 bits per heavy atom. The number of carboxylic acids is 1. The number of aliphatic carboxylic acids is 1. The monoisotopic (exact) mass is 425 g/mol. The van der Waals surface area contributed by atoms with Crippen LogP contribution in [0.1, 0.15) is 12.0 Å². The second kappa shape index (κ2) is 9.54. The van der Waals surface area contributed by atoms with Gasteiger partial charge in [-0.1, -0.05) is 40.6 Å². The molecule has 0 radical (unpaired) electrons. The van der Waals surface area contributed by atoms with E-state index in [1.54, 1.807) is 41.1 Å². The molecule has 3 rings (SSSR count). The van der Waals surface area contributed by atoms with Gasteiger partial charge in [0.1, 0.15) is 10.8 Å². The molecule has 1 aliphatic rings. The molecule has 1 unspecified atom stereocenters. The van der Waals surface area contributed by atoms with Gasteiger partial charge in [0.2, 0.25) is 0 Å². The van der Waals surface area contributed by atoms with Crippen molar-refractivity contribution in [2.45, 2.75) is 23.2 Å². The number of carbonyl (C=O) groups is 1. The molecule has 0 aliphatic carbocycles. The molecule has 0 amide bonds. The van der Waals surface area contributed by atoms with Crippen LogP contribution >= 0.6 is 33.2 Å². The van der Waals surface area contributed by atoms with Crippen molar-refractivity contribution in [1.29, 1.82) is 0 Å². The highest BCUT2D eigenvalue weighted by atomic mass is 35.5. The SMILES string of the molecule is O=C(O)/C=C1/CN(Cc2ccccc2F)CCC1SSc1ccc(Cl)nn1. The normalized spacial score (nSPS) is 19.3. The largest absolute Gasteiger partial charge is 0.478 e. The van der Waals surface area contributed by atoms with Gasteiger partial charge in [-0.2, -0.15) is 0 Å². The van der Waals surface area contributed by atoms with Crippen LogP contribution in [0.2, 0.25) is 5.15 Å². The highest BCUT2D eigenvalue weighted by Crippen LogP contribution is 2.39. The maximum atomic E-state index is 13.9. The van der Waals surface area contributed by atoms with Crippen LogP contribution in [0.3, 0.4) is 0 Å². The van der Waals surface area contributed by atoms with Gasteiger partial charge in [-0.25, -0.2) is 9.18 Å². The summed E-state index contributed by atoms with van der Waals surface area (Å²) in [6.07, 6.45) is 2.03. The van der Waals surface area contributed by atoms with Crippen LogP contribution in [0.15, 0.2) is 53.1 Å². The fourth-order valence-electron chi connectivity index (χ4n) is 2.79. The number of halogens is 2. The van der Waals surface area contributed by atoms with Crippen molar-refractivity contribution in [3.8, 4) is 0 Å². The highest BCUT2D eigenvalue weighted by Gasteiger charge is 2.26. The molecule has 1 aromatic carbocycles. The number of likely N-dealkylation sites (tertiary alicyclic amines) is 1. The lowest BCUT2D eigenvalue weighted by Gasteiger charge is -2.33. The number of piperidine rings is 1. The Morgan fingerprint density at radius 2 is 2.15 bits per heavy atom. The maximum Gasteiger partial charge on any atom is 0.328 e. The predicted molar refractivity (Wildman–Crippen MR) is 106 cm³/mol. The molecule has 1 N–H and O–H groups in total. The van der Waals surface area contributed by atoms with Crippen molar-refractivity contribution in [3.63, 3.8) is 0 Å². The van der Waals surface area contributed by atoms with Gasteiger partial charge in [0.15, 0.2) is 5.15 Å². The molecule has 2 aromatic rings. The van der Waals surface area contributed by atoms with E-state index in [-0.39, 0.29) is 11.1 Å². The van der Waals surface area contributed by atoms with Crippen LogP contribution in [0, 0.1) is 5.82 Å². The Bertz CT molecular complexity index is 836. The molecule has 2 heterocycles. The van der Waals surface area contributed by atoms with Gasteiger partial charge >= 0.3 is 5.97 Å². The van der Waals surface area contributed by atoms with Crippen LogP contribution in [0.4, 0.5) is 4.39 Å². The minimum absolute atomic E-state index is 0.0421. The molecule has 0 saturated carbocycles.